The average molecular weight is 258 g/mol. The Morgan fingerprint density at radius 3 is 2.94 bits per heavy atom. The summed E-state index contributed by atoms with van der Waals surface area (Å²) in [6.45, 7) is 4.38. The van der Waals surface area contributed by atoms with Gasteiger partial charge in [0.1, 0.15) is 0 Å². The zero-order chi connectivity index (χ0) is 12.5. The van der Waals surface area contributed by atoms with Crippen molar-refractivity contribution in [1.82, 2.24) is 15.2 Å². The molecule has 0 bridgehead atoms. The molecule has 92 valence electrons. The minimum absolute atomic E-state index is 0.511. The van der Waals surface area contributed by atoms with Crippen LogP contribution in [0.5, 0.6) is 0 Å². The van der Waals surface area contributed by atoms with Crippen LogP contribution in [-0.4, -0.2) is 15.2 Å². The Kier molecular flexibility index (Phi) is 2.76. The molecule has 0 radical (unpaired) electrons. The molecule has 0 saturated carbocycles. The highest BCUT2D eigenvalue weighted by Gasteiger charge is 2.09. The molecule has 0 aliphatic carbocycles. The van der Waals surface area contributed by atoms with Crippen molar-refractivity contribution in [3.05, 3.63) is 35.3 Å². The Labute approximate surface area is 109 Å². The molecule has 0 aliphatic heterocycles. The first-order chi connectivity index (χ1) is 8.74. The lowest BCUT2D eigenvalue weighted by atomic mass is 10.0. The van der Waals surface area contributed by atoms with Gasteiger partial charge in [-0.1, -0.05) is 19.9 Å². The maximum Gasteiger partial charge on any atom is 0.188 e. The van der Waals surface area contributed by atoms with Crippen LogP contribution in [-0.2, 0) is 0 Å². The summed E-state index contributed by atoms with van der Waals surface area (Å²) in [6.07, 6.45) is 1.78. The van der Waals surface area contributed by atoms with Gasteiger partial charge in [0.2, 0.25) is 0 Å². The van der Waals surface area contributed by atoms with E-state index in [4.69, 9.17) is 0 Å². The summed E-state index contributed by atoms with van der Waals surface area (Å²) in [5, 5.41) is 14.5. The number of thiazole rings is 1. The number of nitrogens with one attached hydrogen (secondary N) is 2. The molecule has 0 fully saturated rings. The van der Waals surface area contributed by atoms with Crippen molar-refractivity contribution in [3.8, 4) is 0 Å². The molecule has 0 saturated heterocycles. The lowest BCUT2D eigenvalue weighted by Gasteiger charge is -2.05. The molecule has 1 aromatic carbocycles. The van der Waals surface area contributed by atoms with E-state index in [9.17, 15) is 0 Å². The van der Waals surface area contributed by atoms with Gasteiger partial charge in [0.25, 0.3) is 0 Å². The molecule has 5 heteroatoms. The Balaban J connectivity index is 2.04. The Morgan fingerprint density at radius 2 is 2.22 bits per heavy atom. The Bertz CT molecular complexity index is 655. The van der Waals surface area contributed by atoms with Crippen molar-refractivity contribution in [2.75, 3.05) is 5.32 Å². The minimum Gasteiger partial charge on any atom is -0.314 e. The molecule has 3 aromatic rings. The number of H-pyrrole nitrogens is 1. The van der Waals surface area contributed by atoms with Crippen molar-refractivity contribution in [1.29, 1.82) is 0 Å². The number of rotatable bonds is 3. The topological polar surface area (TPSA) is 53.6 Å². The molecule has 18 heavy (non-hydrogen) atoms. The van der Waals surface area contributed by atoms with Gasteiger partial charge in [-0.3, -0.25) is 5.10 Å². The van der Waals surface area contributed by atoms with Crippen LogP contribution >= 0.6 is 11.3 Å². The molecule has 0 amide bonds. The summed E-state index contributed by atoms with van der Waals surface area (Å²) in [5.41, 5.74) is 2.35. The second-order valence-corrected chi connectivity index (χ2v) is 5.39. The van der Waals surface area contributed by atoms with Crippen LogP contribution in [0.15, 0.2) is 29.8 Å². The van der Waals surface area contributed by atoms with E-state index in [0.29, 0.717) is 5.92 Å². The van der Waals surface area contributed by atoms with Crippen molar-refractivity contribution in [3.63, 3.8) is 0 Å². The van der Waals surface area contributed by atoms with E-state index in [2.05, 4.69) is 52.5 Å². The Morgan fingerprint density at radius 1 is 1.33 bits per heavy atom. The zero-order valence-electron chi connectivity index (χ0n) is 10.3. The van der Waals surface area contributed by atoms with Crippen LogP contribution in [0.1, 0.15) is 25.3 Å². The molecule has 3 rings (SSSR count). The van der Waals surface area contributed by atoms with Gasteiger partial charge >= 0.3 is 0 Å². The fraction of sp³-hybridized carbons (Fsp3) is 0.231. The second kappa shape index (κ2) is 4.42. The van der Waals surface area contributed by atoms with E-state index in [1.54, 1.807) is 17.5 Å². The third-order valence-corrected chi connectivity index (χ3v) is 3.60. The van der Waals surface area contributed by atoms with Gasteiger partial charge in [0.05, 0.1) is 5.52 Å². The maximum atomic E-state index is 4.30. The van der Waals surface area contributed by atoms with Crippen LogP contribution in [0, 0.1) is 0 Å². The molecule has 0 spiro atoms. The summed E-state index contributed by atoms with van der Waals surface area (Å²) in [4.78, 5) is 4.21. The van der Waals surface area contributed by atoms with Crippen molar-refractivity contribution in [2.24, 2.45) is 0 Å². The molecular formula is C13H14N4S. The standard InChI is InChI=1S/C13H14N4S/c1-8(2)9-3-4-11-10(7-9)12(17-16-11)15-13-14-5-6-18-13/h3-8H,1-2H3,(H2,14,15,16,17). The maximum absolute atomic E-state index is 4.30. The van der Waals surface area contributed by atoms with Crippen LogP contribution in [0.3, 0.4) is 0 Å². The predicted octanol–water partition coefficient (Wildman–Crippen LogP) is 3.89. The number of hydrogen-bond donors (Lipinski definition) is 2. The molecule has 0 unspecified atom stereocenters. The number of benzene rings is 1. The van der Waals surface area contributed by atoms with Gasteiger partial charge in [-0.25, -0.2) is 4.98 Å². The number of fused-ring (bicyclic) bond motifs is 1. The van der Waals surface area contributed by atoms with Crippen LogP contribution in [0.4, 0.5) is 10.9 Å². The van der Waals surface area contributed by atoms with Crippen LogP contribution in [0.2, 0.25) is 0 Å². The van der Waals surface area contributed by atoms with Gasteiger partial charge in [-0.15, -0.1) is 11.3 Å². The molecule has 2 aromatic heterocycles. The second-order valence-electron chi connectivity index (χ2n) is 4.49. The first kappa shape index (κ1) is 11.2. The molecule has 2 N–H and O–H groups in total. The first-order valence-corrected chi connectivity index (χ1v) is 6.76. The monoisotopic (exact) mass is 258 g/mol. The zero-order valence-corrected chi connectivity index (χ0v) is 11.1. The summed E-state index contributed by atoms with van der Waals surface area (Å²) in [6, 6.07) is 6.39. The Hall–Kier alpha value is -1.88. The number of aromatic amines is 1. The normalized spacial score (nSPS) is 11.3. The number of nitrogens with zero attached hydrogens (tertiary/aromatic N) is 2. The van der Waals surface area contributed by atoms with Crippen molar-refractivity contribution >= 4 is 33.2 Å². The van der Waals surface area contributed by atoms with E-state index < -0.39 is 0 Å². The first-order valence-electron chi connectivity index (χ1n) is 5.88. The van der Waals surface area contributed by atoms with E-state index in [1.807, 2.05) is 5.38 Å². The quantitative estimate of drug-likeness (QED) is 0.749. The fourth-order valence-corrected chi connectivity index (χ4v) is 2.40. The molecule has 2 heterocycles. The molecule has 0 aliphatic rings. The van der Waals surface area contributed by atoms with Gasteiger partial charge in [-0.05, 0) is 23.6 Å². The number of hydrogen-bond acceptors (Lipinski definition) is 4. The van der Waals surface area contributed by atoms with Gasteiger partial charge < -0.3 is 5.32 Å². The number of anilines is 2. The predicted molar refractivity (Wildman–Crippen MR) is 75.6 cm³/mol. The highest BCUT2D eigenvalue weighted by Crippen LogP contribution is 2.27. The highest BCUT2D eigenvalue weighted by molar-refractivity contribution is 7.13. The lowest BCUT2D eigenvalue weighted by molar-refractivity contribution is 0.869. The van der Waals surface area contributed by atoms with Crippen LogP contribution < -0.4 is 5.32 Å². The summed E-state index contributed by atoms with van der Waals surface area (Å²) in [5.74, 6) is 1.35. The lowest BCUT2D eigenvalue weighted by Crippen LogP contribution is -1.91. The van der Waals surface area contributed by atoms with E-state index in [1.165, 1.54) is 5.56 Å². The van der Waals surface area contributed by atoms with Gasteiger partial charge in [-0.2, -0.15) is 5.10 Å². The smallest absolute Gasteiger partial charge is 0.188 e. The van der Waals surface area contributed by atoms with Crippen molar-refractivity contribution < 1.29 is 0 Å². The van der Waals surface area contributed by atoms with E-state index in [0.717, 1.165) is 21.9 Å². The van der Waals surface area contributed by atoms with Gasteiger partial charge in [0, 0.05) is 17.0 Å². The average Bonchev–Trinajstić information content (AvgIpc) is 2.99. The molecule has 0 atom stereocenters. The number of aromatic nitrogens is 3. The largest absolute Gasteiger partial charge is 0.314 e. The SMILES string of the molecule is CC(C)c1ccc2[nH]nc(Nc3nccs3)c2c1. The summed E-state index contributed by atoms with van der Waals surface area (Å²) < 4.78 is 0. The highest BCUT2D eigenvalue weighted by atomic mass is 32.1. The minimum atomic E-state index is 0.511. The summed E-state index contributed by atoms with van der Waals surface area (Å²) >= 11 is 1.56. The third kappa shape index (κ3) is 1.97. The van der Waals surface area contributed by atoms with Gasteiger partial charge in [0.15, 0.2) is 10.9 Å². The van der Waals surface area contributed by atoms with Crippen molar-refractivity contribution in [2.45, 2.75) is 19.8 Å². The van der Waals surface area contributed by atoms with E-state index in [-0.39, 0.29) is 0 Å². The van der Waals surface area contributed by atoms with Crippen LogP contribution in [0.25, 0.3) is 10.9 Å². The third-order valence-electron chi connectivity index (χ3n) is 2.91. The summed E-state index contributed by atoms with van der Waals surface area (Å²) in [7, 11) is 0. The molecule has 4 nitrogen and oxygen atoms in total. The fourth-order valence-electron chi connectivity index (χ4n) is 1.87. The molecular weight excluding hydrogens is 244 g/mol. The van der Waals surface area contributed by atoms with E-state index >= 15 is 0 Å².